The number of halogens is 4. The molecule has 1 unspecified atom stereocenters. The lowest BCUT2D eigenvalue weighted by Crippen LogP contribution is -2.22. The molecule has 1 atom stereocenters. The lowest BCUT2D eigenvalue weighted by atomic mass is 10.0. The summed E-state index contributed by atoms with van der Waals surface area (Å²) in [4.78, 5) is 4.30. The Morgan fingerprint density at radius 1 is 1.33 bits per heavy atom. The molecule has 1 aromatic carbocycles. The highest BCUT2D eigenvalue weighted by atomic mass is 32.1. The van der Waals surface area contributed by atoms with Crippen LogP contribution in [0.4, 0.5) is 17.6 Å². The molecule has 0 aliphatic carbocycles. The normalized spacial score (nSPS) is 13.4. The molecule has 0 aliphatic rings. The second-order valence-electron chi connectivity index (χ2n) is 4.55. The summed E-state index contributed by atoms with van der Waals surface area (Å²) in [7, 11) is 0. The summed E-state index contributed by atoms with van der Waals surface area (Å²) >= 11 is 1.36. The molecule has 21 heavy (non-hydrogen) atoms. The van der Waals surface area contributed by atoms with Crippen LogP contribution >= 0.6 is 11.3 Å². The standard InChI is InChI=1S/C14H14F4N2S/c1-3-19-12(13-20-8(2)7-21-13)9-4-5-11(15)10(6-9)14(16,17)18/h4-7,12,19H,3H2,1-2H3. The first-order chi connectivity index (χ1) is 9.82. The van der Waals surface area contributed by atoms with Crippen LogP contribution in [0.15, 0.2) is 23.6 Å². The summed E-state index contributed by atoms with van der Waals surface area (Å²) in [6.45, 7) is 4.22. The van der Waals surface area contributed by atoms with Gasteiger partial charge < -0.3 is 5.32 Å². The van der Waals surface area contributed by atoms with Crippen LogP contribution in [-0.2, 0) is 6.18 Å². The third-order valence-corrected chi connectivity index (χ3v) is 3.95. The van der Waals surface area contributed by atoms with Crippen molar-refractivity contribution in [3.8, 4) is 0 Å². The smallest absolute Gasteiger partial charge is 0.305 e. The number of hydrogen-bond donors (Lipinski definition) is 1. The summed E-state index contributed by atoms with van der Waals surface area (Å²) in [6, 6.07) is 2.58. The Balaban J connectivity index is 2.46. The molecule has 2 aromatic rings. The van der Waals surface area contributed by atoms with Crippen LogP contribution in [0.25, 0.3) is 0 Å². The fraction of sp³-hybridized carbons (Fsp3) is 0.357. The maximum Gasteiger partial charge on any atom is 0.419 e. The topological polar surface area (TPSA) is 24.9 Å². The Labute approximate surface area is 123 Å². The SMILES string of the molecule is CCNC(c1ccc(F)c(C(F)(F)F)c1)c1nc(C)cs1. The molecule has 0 aliphatic heterocycles. The molecule has 1 aromatic heterocycles. The zero-order chi connectivity index (χ0) is 15.6. The van der Waals surface area contributed by atoms with Crippen LogP contribution in [0.1, 0.15) is 34.8 Å². The number of rotatable bonds is 4. The van der Waals surface area contributed by atoms with Gasteiger partial charge in [-0.1, -0.05) is 13.0 Å². The fourth-order valence-electron chi connectivity index (χ4n) is 2.00. The van der Waals surface area contributed by atoms with E-state index in [1.165, 1.54) is 17.4 Å². The Bertz CT molecular complexity index is 622. The van der Waals surface area contributed by atoms with E-state index >= 15 is 0 Å². The molecule has 0 saturated heterocycles. The number of nitrogens with zero attached hydrogens (tertiary/aromatic N) is 1. The number of aromatic nitrogens is 1. The molecule has 0 spiro atoms. The number of benzene rings is 1. The van der Waals surface area contributed by atoms with Crippen molar-refractivity contribution in [2.24, 2.45) is 0 Å². The predicted molar refractivity (Wildman–Crippen MR) is 73.8 cm³/mol. The van der Waals surface area contributed by atoms with Crippen molar-refractivity contribution < 1.29 is 17.6 Å². The lowest BCUT2D eigenvalue weighted by molar-refractivity contribution is -0.140. The summed E-state index contributed by atoms with van der Waals surface area (Å²) in [5.41, 5.74) is -0.104. The number of aryl methyl sites for hydroxylation is 1. The van der Waals surface area contributed by atoms with E-state index in [0.717, 1.165) is 17.8 Å². The number of hydrogen-bond acceptors (Lipinski definition) is 3. The van der Waals surface area contributed by atoms with E-state index in [-0.39, 0.29) is 0 Å². The van der Waals surface area contributed by atoms with E-state index in [1.807, 2.05) is 19.2 Å². The summed E-state index contributed by atoms with van der Waals surface area (Å²) in [5, 5.41) is 5.57. The number of nitrogens with one attached hydrogen (secondary N) is 1. The minimum atomic E-state index is -4.71. The molecule has 1 N–H and O–H groups in total. The second kappa shape index (κ2) is 6.11. The van der Waals surface area contributed by atoms with E-state index in [0.29, 0.717) is 17.1 Å². The highest BCUT2D eigenvalue weighted by molar-refractivity contribution is 7.09. The fourth-order valence-corrected chi connectivity index (χ4v) is 2.89. The Kier molecular flexibility index (Phi) is 4.63. The van der Waals surface area contributed by atoms with E-state index < -0.39 is 23.6 Å². The third-order valence-electron chi connectivity index (χ3n) is 2.92. The first kappa shape index (κ1) is 15.9. The monoisotopic (exact) mass is 318 g/mol. The third kappa shape index (κ3) is 3.59. The molecule has 0 radical (unpaired) electrons. The Hall–Kier alpha value is -1.47. The van der Waals surface area contributed by atoms with Crippen molar-refractivity contribution >= 4 is 11.3 Å². The van der Waals surface area contributed by atoms with E-state index in [2.05, 4.69) is 10.3 Å². The van der Waals surface area contributed by atoms with E-state index in [4.69, 9.17) is 0 Å². The Morgan fingerprint density at radius 3 is 2.57 bits per heavy atom. The van der Waals surface area contributed by atoms with Crippen LogP contribution < -0.4 is 5.32 Å². The molecule has 2 nitrogen and oxygen atoms in total. The van der Waals surface area contributed by atoms with Crippen LogP contribution in [-0.4, -0.2) is 11.5 Å². The van der Waals surface area contributed by atoms with Gasteiger partial charge in [0.25, 0.3) is 0 Å². The van der Waals surface area contributed by atoms with E-state index in [1.54, 1.807) is 0 Å². The van der Waals surface area contributed by atoms with Crippen molar-refractivity contribution in [1.29, 1.82) is 0 Å². The molecule has 0 saturated carbocycles. The Morgan fingerprint density at radius 2 is 2.05 bits per heavy atom. The molecule has 0 fully saturated rings. The quantitative estimate of drug-likeness (QED) is 0.850. The maximum absolute atomic E-state index is 13.4. The molecule has 0 bridgehead atoms. The van der Waals surface area contributed by atoms with Gasteiger partial charge in [-0.3, -0.25) is 0 Å². The van der Waals surface area contributed by atoms with Gasteiger partial charge in [0, 0.05) is 11.1 Å². The van der Waals surface area contributed by atoms with Crippen molar-refractivity contribution in [3.05, 3.63) is 51.2 Å². The van der Waals surface area contributed by atoms with Crippen LogP contribution in [0, 0.1) is 12.7 Å². The van der Waals surface area contributed by atoms with Gasteiger partial charge in [-0.2, -0.15) is 13.2 Å². The average Bonchev–Trinajstić information content (AvgIpc) is 2.82. The van der Waals surface area contributed by atoms with Gasteiger partial charge in [0.05, 0.1) is 11.6 Å². The average molecular weight is 318 g/mol. The van der Waals surface area contributed by atoms with Gasteiger partial charge in [0.1, 0.15) is 10.8 Å². The number of alkyl halides is 3. The van der Waals surface area contributed by atoms with Gasteiger partial charge in [0.15, 0.2) is 0 Å². The van der Waals surface area contributed by atoms with Crippen molar-refractivity contribution in [2.75, 3.05) is 6.54 Å². The molecule has 7 heteroatoms. The van der Waals surface area contributed by atoms with Crippen molar-refractivity contribution in [2.45, 2.75) is 26.1 Å². The predicted octanol–water partition coefficient (Wildman–Crippen LogP) is 4.31. The van der Waals surface area contributed by atoms with Gasteiger partial charge in [-0.05, 0) is 31.2 Å². The molecule has 114 valence electrons. The largest absolute Gasteiger partial charge is 0.419 e. The first-order valence-corrected chi connectivity index (χ1v) is 7.23. The molecule has 1 heterocycles. The van der Waals surface area contributed by atoms with Gasteiger partial charge in [-0.15, -0.1) is 11.3 Å². The van der Waals surface area contributed by atoms with Gasteiger partial charge in [-0.25, -0.2) is 9.37 Å². The van der Waals surface area contributed by atoms with Crippen LogP contribution in [0.3, 0.4) is 0 Å². The zero-order valence-electron chi connectivity index (χ0n) is 11.5. The minimum absolute atomic E-state index is 0.347. The molecular weight excluding hydrogens is 304 g/mol. The summed E-state index contributed by atoms with van der Waals surface area (Å²) < 4.78 is 51.8. The summed E-state index contributed by atoms with van der Waals surface area (Å²) in [5.74, 6) is -1.27. The van der Waals surface area contributed by atoms with Crippen LogP contribution in [0.5, 0.6) is 0 Å². The van der Waals surface area contributed by atoms with Crippen molar-refractivity contribution in [1.82, 2.24) is 10.3 Å². The lowest BCUT2D eigenvalue weighted by Gasteiger charge is -2.18. The molecule has 0 amide bonds. The maximum atomic E-state index is 13.4. The van der Waals surface area contributed by atoms with Gasteiger partial charge >= 0.3 is 6.18 Å². The minimum Gasteiger partial charge on any atom is -0.305 e. The van der Waals surface area contributed by atoms with Crippen molar-refractivity contribution in [3.63, 3.8) is 0 Å². The molecule has 2 rings (SSSR count). The van der Waals surface area contributed by atoms with E-state index in [9.17, 15) is 17.6 Å². The number of thiazole rings is 1. The molecular formula is C14H14F4N2S. The first-order valence-electron chi connectivity index (χ1n) is 6.35. The summed E-state index contributed by atoms with van der Waals surface area (Å²) in [6.07, 6.45) is -4.71. The highest BCUT2D eigenvalue weighted by Gasteiger charge is 2.35. The van der Waals surface area contributed by atoms with Crippen LogP contribution in [0.2, 0.25) is 0 Å². The zero-order valence-corrected chi connectivity index (χ0v) is 12.3. The van der Waals surface area contributed by atoms with Gasteiger partial charge in [0.2, 0.25) is 0 Å². The highest BCUT2D eigenvalue weighted by Crippen LogP contribution is 2.34. The second-order valence-corrected chi connectivity index (χ2v) is 5.44.